The molecular formula is C9H16NO3+. The van der Waals surface area contributed by atoms with Crippen LogP contribution in [0.3, 0.4) is 0 Å². The van der Waals surface area contributed by atoms with Crippen LogP contribution in [0.25, 0.3) is 0 Å². The second kappa shape index (κ2) is 3.46. The third kappa shape index (κ3) is 2.52. The van der Waals surface area contributed by atoms with Gasteiger partial charge < -0.3 is 9.22 Å². The third-order valence-corrected chi connectivity index (χ3v) is 2.50. The average molecular weight is 186 g/mol. The SMILES string of the molecule is COC(=O)C(=O)C[N+](C)(C)C1CC1. The van der Waals surface area contributed by atoms with Gasteiger partial charge in [0, 0.05) is 12.8 Å². The van der Waals surface area contributed by atoms with Gasteiger partial charge in [-0.15, -0.1) is 0 Å². The van der Waals surface area contributed by atoms with Crippen molar-refractivity contribution in [1.82, 2.24) is 0 Å². The molecule has 13 heavy (non-hydrogen) atoms. The highest BCUT2D eigenvalue weighted by Gasteiger charge is 2.40. The molecule has 0 aromatic rings. The van der Waals surface area contributed by atoms with E-state index in [1.807, 2.05) is 14.1 Å². The predicted molar refractivity (Wildman–Crippen MR) is 47.0 cm³/mol. The number of rotatable bonds is 4. The molecule has 0 N–H and O–H groups in total. The van der Waals surface area contributed by atoms with Gasteiger partial charge in [-0.1, -0.05) is 0 Å². The minimum absolute atomic E-state index is 0.247. The van der Waals surface area contributed by atoms with Crippen LogP contribution in [0.1, 0.15) is 12.8 Å². The van der Waals surface area contributed by atoms with Crippen molar-refractivity contribution in [2.75, 3.05) is 27.7 Å². The first kappa shape index (κ1) is 10.2. The molecule has 1 rings (SSSR count). The molecule has 4 heteroatoms. The maximum atomic E-state index is 11.2. The number of hydrogen-bond donors (Lipinski definition) is 0. The first-order valence-electron chi connectivity index (χ1n) is 4.41. The van der Waals surface area contributed by atoms with Gasteiger partial charge in [0.1, 0.15) is 6.54 Å². The lowest BCUT2D eigenvalue weighted by Crippen LogP contribution is -2.47. The fourth-order valence-corrected chi connectivity index (χ4v) is 1.45. The molecule has 0 amide bonds. The molecule has 4 nitrogen and oxygen atoms in total. The summed E-state index contributed by atoms with van der Waals surface area (Å²) in [7, 11) is 5.17. The smallest absolute Gasteiger partial charge is 0.380 e. The van der Waals surface area contributed by atoms with Crippen molar-refractivity contribution < 1.29 is 18.8 Å². The molecule has 0 aromatic carbocycles. The summed E-state index contributed by atoms with van der Waals surface area (Å²) in [5.41, 5.74) is 0. The number of methoxy groups -OCH3 is 1. The number of carbonyl (C=O) groups is 2. The minimum Gasteiger partial charge on any atom is -0.463 e. The topological polar surface area (TPSA) is 43.4 Å². The van der Waals surface area contributed by atoms with Crippen LogP contribution in [0.2, 0.25) is 0 Å². The largest absolute Gasteiger partial charge is 0.463 e. The molecule has 0 heterocycles. The lowest BCUT2D eigenvalue weighted by molar-refractivity contribution is -0.893. The summed E-state index contributed by atoms with van der Waals surface area (Å²) in [6.07, 6.45) is 2.31. The van der Waals surface area contributed by atoms with Crippen LogP contribution in [0.15, 0.2) is 0 Å². The number of carbonyl (C=O) groups excluding carboxylic acids is 2. The first-order valence-corrected chi connectivity index (χ1v) is 4.41. The summed E-state index contributed by atoms with van der Waals surface area (Å²) in [4.78, 5) is 22.1. The highest BCUT2D eigenvalue weighted by molar-refractivity contribution is 6.34. The van der Waals surface area contributed by atoms with Crippen molar-refractivity contribution in [3.05, 3.63) is 0 Å². The molecule has 0 unspecified atom stereocenters. The molecule has 1 aliphatic carbocycles. The minimum atomic E-state index is -0.730. The molecule has 0 aromatic heterocycles. The van der Waals surface area contributed by atoms with E-state index in [0.717, 1.165) is 12.8 Å². The molecule has 0 aliphatic heterocycles. The van der Waals surface area contributed by atoms with Gasteiger partial charge in [-0.25, -0.2) is 4.79 Å². The Morgan fingerprint density at radius 1 is 1.38 bits per heavy atom. The van der Waals surface area contributed by atoms with Crippen LogP contribution in [0.4, 0.5) is 0 Å². The maximum Gasteiger partial charge on any atom is 0.380 e. The zero-order valence-electron chi connectivity index (χ0n) is 8.37. The zero-order valence-corrected chi connectivity index (χ0v) is 8.37. The van der Waals surface area contributed by atoms with Gasteiger partial charge in [0.15, 0.2) is 0 Å². The van der Waals surface area contributed by atoms with Gasteiger partial charge in [0.05, 0.1) is 27.2 Å². The van der Waals surface area contributed by atoms with E-state index in [0.29, 0.717) is 10.5 Å². The Morgan fingerprint density at radius 3 is 2.31 bits per heavy atom. The quantitative estimate of drug-likeness (QED) is 0.352. The van der Waals surface area contributed by atoms with E-state index in [4.69, 9.17) is 0 Å². The van der Waals surface area contributed by atoms with E-state index >= 15 is 0 Å². The summed E-state index contributed by atoms with van der Waals surface area (Å²) in [5.74, 6) is -1.16. The molecule has 0 bridgehead atoms. The summed E-state index contributed by atoms with van der Waals surface area (Å²) in [6.45, 7) is 0.247. The van der Waals surface area contributed by atoms with Gasteiger partial charge in [0.2, 0.25) is 0 Å². The number of nitrogens with zero attached hydrogens (tertiary/aromatic N) is 1. The van der Waals surface area contributed by atoms with Crippen molar-refractivity contribution in [1.29, 1.82) is 0 Å². The summed E-state index contributed by atoms with van der Waals surface area (Å²) >= 11 is 0. The second-order valence-electron chi connectivity index (χ2n) is 4.08. The van der Waals surface area contributed by atoms with Gasteiger partial charge >= 0.3 is 5.97 Å². The Hall–Kier alpha value is -0.900. The normalized spacial score (nSPS) is 16.8. The van der Waals surface area contributed by atoms with E-state index in [2.05, 4.69) is 4.74 Å². The van der Waals surface area contributed by atoms with Crippen LogP contribution in [-0.4, -0.2) is 50.0 Å². The lowest BCUT2D eigenvalue weighted by atomic mass is 10.3. The van der Waals surface area contributed by atoms with Gasteiger partial charge in [0.25, 0.3) is 5.78 Å². The van der Waals surface area contributed by atoms with Crippen molar-refractivity contribution in [3.63, 3.8) is 0 Å². The predicted octanol–water partition coefficient (Wildman–Crippen LogP) is -0.0327. The first-order chi connectivity index (χ1) is 5.97. The third-order valence-electron chi connectivity index (χ3n) is 2.50. The van der Waals surface area contributed by atoms with Gasteiger partial charge in [-0.2, -0.15) is 0 Å². The number of quaternary nitrogens is 1. The van der Waals surface area contributed by atoms with Crippen molar-refractivity contribution >= 4 is 11.8 Å². The number of hydrogen-bond acceptors (Lipinski definition) is 3. The summed E-state index contributed by atoms with van der Waals surface area (Å²) in [6, 6.07) is 0.550. The zero-order chi connectivity index (χ0) is 10.1. The monoisotopic (exact) mass is 186 g/mol. The molecule has 0 spiro atoms. The van der Waals surface area contributed by atoms with Crippen molar-refractivity contribution in [2.45, 2.75) is 18.9 Å². The molecule has 1 fully saturated rings. The number of esters is 1. The van der Waals surface area contributed by atoms with E-state index in [1.165, 1.54) is 7.11 Å². The van der Waals surface area contributed by atoms with Crippen LogP contribution < -0.4 is 0 Å². The van der Waals surface area contributed by atoms with Gasteiger partial charge in [-0.3, -0.25) is 4.79 Å². The van der Waals surface area contributed by atoms with E-state index in [1.54, 1.807) is 0 Å². The standard InChI is InChI=1S/C9H16NO3/c1-10(2,7-4-5-7)6-8(11)9(12)13-3/h7H,4-6H2,1-3H3/q+1. The van der Waals surface area contributed by atoms with E-state index in [-0.39, 0.29) is 6.54 Å². The number of ether oxygens (including phenoxy) is 1. The van der Waals surface area contributed by atoms with E-state index < -0.39 is 11.8 Å². The van der Waals surface area contributed by atoms with E-state index in [9.17, 15) is 9.59 Å². The highest BCUT2D eigenvalue weighted by atomic mass is 16.5. The second-order valence-corrected chi connectivity index (χ2v) is 4.08. The molecule has 1 saturated carbocycles. The molecule has 1 aliphatic rings. The maximum absolute atomic E-state index is 11.2. The van der Waals surface area contributed by atoms with Crippen LogP contribution in [-0.2, 0) is 14.3 Å². The van der Waals surface area contributed by atoms with Crippen LogP contribution in [0.5, 0.6) is 0 Å². The Kier molecular flexibility index (Phi) is 2.71. The van der Waals surface area contributed by atoms with Crippen LogP contribution >= 0.6 is 0 Å². The fourth-order valence-electron chi connectivity index (χ4n) is 1.45. The highest BCUT2D eigenvalue weighted by Crippen LogP contribution is 2.30. The Labute approximate surface area is 78.1 Å². The molecule has 0 saturated heterocycles. The van der Waals surface area contributed by atoms with Crippen LogP contribution in [0, 0.1) is 0 Å². The number of likely N-dealkylation sites (N-methyl/N-ethyl adjacent to an activating group) is 1. The average Bonchev–Trinajstić information content (AvgIpc) is 2.84. The number of Topliss-reactive ketones (excluding diaryl/α,β-unsaturated/α-hetero) is 1. The van der Waals surface area contributed by atoms with Gasteiger partial charge in [-0.05, 0) is 0 Å². The summed E-state index contributed by atoms with van der Waals surface area (Å²) < 4.78 is 4.96. The Bertz CT molecular complexity index is 231. The Morgan fingerprint density at radius 2 is 1.92 bits per heavy atom. The summed E-state index contributed by atoms with van der Waals surface area (Å²) in [5, 5.41) is 0. The molecule has 0 radical (unpaired) electrons. The number of ketones is 1. The lowest BCUT2D eigenvalue weighted by Gasteiger charge is -2.28. The molecule has 74 valence electrons. The fraction of sp³-hybridized carbons (Fsp3) is 0.778. The molecule has 0 atom stereocenters. The molecular weight excluding hydrogens is 170 g/mol. The Balaban J connectivity index is 2.47. The van der Waals surface area contributed by atoms with Crippen molar-refractivity contribution in [3.8, 4) is 0 Å². The van der Waals surface area contributed by atoms with Crippen molar-refractivity contribution in [2.24, 2.45) is 0 Å².